The summed E-state index contributed by atoms with van der Waals surface area (Å²) in [7, 11) is 0. The van der Waals surface area contributed by atoms with E-state index in [9.17, 15) is 9.59 Å². The topological polar surface area (TPSA) is 124 Å². The number of carbonyl (C=O) groups is 2. The predicted octanol–water partition coefficient (Wildman–Crippen LogP) is 2.96. The lowest BCUT2D eigenvalue weighted by Gasteiger charge is -2.22. The third-order valence-electron chi connectivity index (χ3n) is 5.45. The summed E-state index contributed by atoms with van der Waals surface area (Å²) < 4.78 is 5.50. The van der Waals surface area contributed by atoms with E-state index in [2.05, 4.69) is 21.7 Å². The number of fused-ring (bicyclic) bond motifs is 1. The van der Waals surface area contributed by atoms with Crippen LogP contribution in [0.4, 0.5) is 0 Å². The molecule has 4 rings (SSSR count). The molecular weight excluding hydrogens is 410 g/mol. The molecular formula is C24H29N3O5. The molecule has 1 aliphatic heterocycles. The molecule has 1 saturated heterocycles. The number of aryl methyl sites for hydroxylation is 1. The first-order valence-corrected chi connectivity index (χ1v) is 10.7. The second-order valence-electron chi connectivity index (χ2n) is 7.92. The SMILES string of the molecule is CC(=O)O.Cc1cc(C2CCCNC2)oc(=O)c1C(=O)NCCc1c[nH]c2ccccc12. The zero-order valence-electron chi connectivity index (χ0n) is 18.4. The van der Waals surface area contributed by atoms with E-state index in [1.165, 1.54) is 0 Å². The average molecular weight is 440 g/mol. The molecule has 170 valence electrons. The lowest BCUT2D eigenvalue weighted by Crippen LogP contribution is -2.32. The highest BCUT2D eigenvalue weighted by Crippen LogP contribution is 2.23. The van der Waals surface area contributed by atoms with Gasteiger partial charge in [-0.1, -0.05) is 18.2 Å². The fourth-order valence-electron chi connectivity index (χ4n) is 3.94. The number of hydrogen-bond donors (Lipinski definition) is 4. The van der Waals surface area contributed by atoms with Crippen molar-refractivity contribution in [1.82, 2.24) is 15.6 Å². The van der Waals surface area contributed by atoms with E-state index in [0.29, 0.717) is 24.3 Å². The van der Waals surface area contributed by atoms with E-state index in [-0.39, 0.29) is 17.4 Å². The van der Waals surface area contributed by atoms with E-state index in [1.807, 2.05) is 30.5 Å². The Morgan fingerprint density at radius 1 is 1.28 bits per heavy atom. The maximum atomic E-state index is 12.6. The first kappa shape index (κ1) is 23.3. The molecule has 8 heteroatoms. The Morgan fingerprint density at radius 2 is 2.03 bits per heavy atom. The van der Waals surface area contributed by atoms with Crippen molar-refractivity contribution in [3.8, 4) is 0 Å². The monoisotopic (exact) mass is 439 g/mol. The molecule has 2 aromatic heterocycles. The van der Waals surface area contributed by atoms with Crippen LogP contribution in [0.5, 0.6) is 0 Å². The van der Waals surface area contributed by atoms with E-state index < -0.39 is 11.6 Å². The summed E-state index contributed by atoms with van der Waals surface area (Å²) in [6.07, 6.45) is 4.70. The maximum Gasteiger partial charge on any atom is 0.349 e. The molecule has 1 atom stereocenters. The van der Waals surface area contributed by atoms with Crippen molar-refractivity contribution in [2.45, 2.75) is 39.0 Å². The van der Waals surface area contributed by atoms with Gasteiger partial charge in [0.1, 0.15) is 11.3 Å². The summed E-state index contributed by atoms with van der Waals surface area (Å²) in [4.78, 5) is 37.3. The van der Waals surface area contributed by atoms with Gasteiger partial charge >= 0.3 is 5.63 Å². The van der Waals surface area contributed by atoms with Gasteiger partial charge in [0.15, 0.2) is 0 Å². The molecule has 3 aromatic rings. The number of nitrogens with one attached hydrogen (secondary N) is 3. The van der Waals surface area contributed by atoms with Crippen molar-refractivity contribution in [3.63, 3.8) is 0 Å². The van der Waals surface area contributed by atoms with Crippen molar-refractivity contribution in [3.05, 3.63) is 69.4 Å². The van der Waals surface area contributed by atoms with Gasteiger partial charge in [0, 0.05) is 43.0 Å². The highest BCUT2D eigenvalue weighted by Gasteiger charge is 2.22. The van der Waals surface area contributed by atoms with Gasteiger partial charge in [-0.3, -0.25) is 9.59 Å². The molecule has 1 fully saturated rings. The third-order valence-corrected chi connectivity index (χ3v) is 5.45. The second kappa shape index (κ2) is 10.8. The normalized spacial score (nSPS) is 15.6. The molecule has 0 bridgehead atoms. The van der Waals surface area contributed by atoms with Gasteiger partial charge in [-0.05, 0) is 56.0 Å². The maximum absolute atomic E-state index is 12.6. The summed E-state index contributed by atoms with van der Waals surface area (Å²) in [6.45, 7) is 5.13. The first-order valence-electron chi connectivity index (χ1n) is 10.7. The molecule has 32 heavy (non-hydrogen) atoms. The zero-order valence-corrected chi connectivity index (χ0v) is 18.4. The molecule has 1 amide bonds. The van der Waals surface area contributed by atoms with Gasteiger partial charge in [0.2, 0.25) is 0 Å². The Labute approximate surface area is 186 Å². The number of aromatic nitrogens is 1. The number of para-hydroxylation sites is 1. The quantitative estimate of drug-likeness (QED) is 0.484. The van der Waals surface area contributed by atoms with Crippen LogP contribution in [0.3, 0.4) is 0 Å². The van der Waals surface area contributed by atoms with Gasteiger partial charge in [0.25, 0.3) is 11.9 Å². The van der Waals surface area contributed by atoms with Gasteiger partial charge in [-0.25, -0.2) is 4.79 Å². The number of hydrogen-bond acceptors (Lipinski definition) is 5. The van der Waals surface area contributed by atoms with Crippen LogP contribution in [0.2, 0.25) is 0 Å². The smallest absolute Gasteiger partial charge is 0.349 e. The van der Waals surface area contributed by atoms with Crippen LogP contribution in [0.15, 0.2) is 45.7 Å². The average Bonchev–Trinajstić information content (AvgIpc) is 3.17. The van der Waals surface area contributed by atoms with Crippen molar-refractivity contribution in [1.29, 1.82) is 0 Å². The predicted molar refractivity (Wildman–Crippen MR) is 122 cm³/mol. The van der Waals surface area contributed by atoms with Crippen molar-refractivity contribution >= 4 is 22.8 Å². The van der Waals surface area contributed by atoms with E-state index in [1.54, 1.807) is 6.92 Å². The molecule has 0 aliphatic carbocycles. The molecule has 0 spiro atoms. The zero-order chi connectivity index (χ0) is 23.1. The molecule has 4 N–H and O–H groups in total. The van der Waals surface area contributed by atoms with Crippen LogP contribution >= 0.6 is 0 Å². The minimum Gasteiger partial charge on any atom is -0.481 e. The van der Waals surface area contributed by atoms with Crippen LogP contribution in [-0.2, 0) is 11.2 Å². The molecule has 3 heterocycles. The number of H-pyrrole nitrogens is 1. The van der Waals surface area contributed by atoms with Crippen molar-refractivity contribution in [2.75, 3.05) is 19.6 Å². The van der Waals surface area contributed by atoms with Gasteiger partial charge in [0.05, 0.1) is 0 Å². The van der Waals surface area contributed by atoms with Crippen LogP contribution in [0, 0.1) is 6.92 Å². The molecule has 1 unspecified atom stereocenters. The van der Waals surface area contributed by atoms with Crippen LogP contribution in [0.1, 0.15) is 52.9 Å². The Hall–Kier alpha value is -3.39. The summed E-state index contributed by atoms with van der Waals surface area (Å²) in [5.74, 6) is -0.344. The van der Waals surface area contributed by atoms with Crippen LogP contribution in [-0.4, -0.2) is 41.6 Å². The number of aromatic amines is 1. The Kier molecular flexibility index (Phi) is 7.83. The Morgan fingerprint density at radius 3 is 2.72 bits per heavy atom. The van der Waals surface area contributed by atoms with Gasteiger partial charge in [-0.15, -0.1) is 0 Å². The first-order chi connectivity index (χ1) is 15.4. The standard InChI is InChI=1S/C22H25N3O3.C2H4O2/c1-14-11-19(16-5-4-9-23-12-16)28-22(27)20(14)21(26)24-10-8-15-13-25-18-7-3-2-6-17(15)18;1-2(3)4/h2-3,6-7,11,13,16,23,25H,4-5,8-10,12H2,1H3,(H,24,26);1H3,(H,3,4). The minimum atomic E-state index is -0.833. The number of benzene rings is 1. The van der Waals surface area contributed by atoms with E-state index >= 15 is 0 Å². The number of aliphatic carboxylic acids is 1. The third kappa shape index (κ3) is 5.85. The fourth-order valence-corrected chi connectivity index (χ4v) is 3.94. The van der Waals surface area contributed by atoms with Crippen molar-refractivity contribution in [2.24, 2.45) is 0 Å². The van der Waals surface area contributed by atoms with E-state index in [0.717, 1.165) is 49.3 Å². The fraction of sp³-hybridized carbons (Fsp3) is 0.375. The number of amides is 1. The largest absolute Gasteiger partial charge is 0.481 e. The number of piperidine rings is 1. The Balaban J connectivity index is 0.000000668. The van der Waals surface area contributed by atoms with Crippen LogP contribution in [0.25, 0.3) is 10.9 Å². The summed E-state index contributed by atoms with van der Waals surface area (Å²) in [5.41, 5.74) is 2.44. The molecule has 0 radical (unpaired) electrons. The number of carboxylic acids is 1. The van der Waals surface area contributed by atoms with Gasteiger partial charge < -0.3 is 25.1 Å². The highest BCUT2D eigenvalue weighted by molar-refractivity contribution is 5.95. The summed E-state index contributed by atoms with van der Waals surface area (Å²) in [5, 5.41) is 14.7. The number of carbonyl (C=O) groups excluding carboxylic acids is 1. The molecule has 1 aliphatic rings. The second-order valence-corrected chi connectivity index (χ2v) is 7.92. The lowest BCUT2D eigenvalue weighted by atomic mass is 9.95. The number of rotatable bonds is 5. The molecule has 1 aromatic carbocycles. The number of carboxylic acid groups (broad SMARTS) is 1. The lowest BCUT2D eigenvalue weighted by molar-refractivity contribution is -0.134. The summed E-state index contributed by atoms with van der Waals surface area (Å²) in [6, 6.07) is 9.90. The molecule has 0 saturated carbocycles. The van der Waals surface area contributed by atoms with Crippen molar-refractivity contribution < 1.29 is 19.1 Å². The van der Waals surface area contributed by atoms with Gasteiger partial charge in [-0.2, -0.15) is 0 Å². The summed E-state index contributed by atoms with van der Waals surface area (Å²) >= 11 is 0. The Bertz CT molecular complexity index is 1140. The van der Waals surface area contributed by atoms with E-state index in [4.69, 9.17) is 14.3 Å². The van der Waals surface area contributed by atoms with Crippen LogP contribution < -0.4 is 16.3 Å². The molecule has 8 nitrogen and oxygen atoms in total. The minimum absolute atomic E-state index is 0.103. The highest BCUT2D eigenvalue weighted by atomic mass is 16.4.